The Morgan fingerprint density at radius 2 is 2.08 bits per heavy atom. The molecule has 0 saturated heterocycles. The SMILES string of the molecule is CCC(C)(C)CNC(=O)CC(N)=S. The van der Waals surface area contributed by atoms with Gasteiger partial charge in [-0.2, -0.15) is 0 Å². The Hall–Kier alpha value is -0.640. The molecule has 0 spiro atoms. The molecule has 0 aromatic heterocycles. The number of carbonyl (C=O) groups is 1. The number of carbonyl (C=O) groups excluding carboxylic acids is 1. The lowest BCUT2D eigenvalue weighted by Gasteiger charge is -2.22. The van der Waals surface area contributed by atoms with Crippen LogP contribution in [0.15, 0.2) is 0 Å². The van der Waals surface area contributed by atoms with E-state index < -0.39 is 0 Å². The van der Waals surface area contributed by atoms with Crippen molar-refractivity contribution in [1.82, 2.24) is 5.32 Å². The van der Waals surface area contributed by atoms with Gasteiger partial charge in [0, 0.05) is 6.54 Å². The van der Waals surface area contributed by atoms with Crippen LogP contribution in [0.5, 0.6) is 0 Å². The minimum absolute atomic E-state index is 0.0889. The van der Waals surface area contributed by atoms with E-state index in [4.69, 9.17) is 5.73 Å². The van der Waals surface area contributed by atoms with E-state index in [-0.39, 0.29) is 22.7 Å². The van der Waals surface area contributed by atoms with Crippen LogP contribution in [0.2, 0.25) is 0 Å². The fourth-order valence-corrected chi connectivity index (χ4v) is 0.815. The molecule has 76 valence electrons. The first-order valence-corrected chi connectivity index (χ1v) is 4.83. The van der Waals surface area contributed by atoms with Gasteiger partial charge >= 0.3 is 0 Å². The van der Waals surface area contributed by atoms with Crippen LogP contribution in [0.25, 0.3) is 0 Å². The van der Waals surface area contributed by atoms with Crippen molar-refractivity contribution in [1.29, 1.82) is 0 Å². The van der Waals surface area contributed by atoms with Crippen molar-refractivity contribution >= 4 is 23.1 Å². The lowest BCUT2D eigenvalue weighted by atomic mass is 9.90. The normalized spacial score (nSPS) is 11.0. The molecule has 0 bridgehead atoms. The first-order valence-electron chi connectivity index (χ1n) is 4.42. The first-order chi connectivity index (χ1) is 5.87. The second kappa shape index (κ2) is 5.17. The molecule has 0 saturated carbocycles. The average molecular weight is 202 g/mol. The Kier molecular flexibility index (Phi) is 4.91. The van der Waals surface area contributed by atoms with E-state index >= 15 is 0 Å². The second-order valence-electron chi connectivity index (χ2n) is 3.94. The number of rotatable bonds is 5. The molecular formula is C9H18N2OS. The molecule has 0 atom stereocenters. The van der Waals surface area contributed by atoms with Crippen LogP contribution in [0, 0.1) is 5.41 Å². The maximum absolute atomic E-state index is 11.1. The summed E-state index contributed by atoms with van der Waals surface area (Å²) in [5, 5.41) is 2.80. The Bertz CT molecular complexity index is 202. The van der Waals surface area contributed by atoms with Gasteiger partial charge in [-0.25, -0.2) is 0 Å². The molecular weight excluding hydrogens is 184 g/mol. The summed E-state index contributed by atoms with van der Waals surface area (Å²) in [5.74, 6) is -0.0889. The van der Waals surface area contributed by atoms with Crippen molar-refractivity contribution in [3.63, 3.8) is 0 Å². The highest BCUT2D eigenvalue weighted by Crippen LogP contribution is 2.17. The smallest absolute Gasteiger partial charge is 0.226 e. The van der Waals surface area contributed by atoms with E-state index in [0.29, 0.717) is 6.54 Å². The zero-order valence-electron chi connectivity index (χ0n) is 8.52. The summed E-state index contributed by atoms with van der Waals surface area (Å²) in [5.41, 5.74) is 5.38. The van der Waals surface area contributed by atoms with Gasteiger partial charge in [-0.15, -0.1) is 0 Å². The first kappa shape index (κ1) is 12.4. The number of nitrogens with two attached hydrogens (primary N) is 1. The number of hydrogen-bond acceptors (Lipinski definition) is 2. The maximum Gasteiger partial charge on any atom is 0.226 e. The van der Waals surface area contributed by atoms with Crippen molar-refractivity contribution in [3.8, 4) is 0 Å². The van der Waals surface area contributed by atoms with E-state index in [1.54, 1.807) is 0 Å². The van der Waals surface area contributed by atoms with Crippen molar-refractivity contribution in [2.24, 2.45) is 11.1 Å². The molecule has 1 amide bonds. The lowest BCUT2D eigenvalue weighted by Crippen LogP contribution is -2.35. The minimum Gasteiger partial charge on any atom is -0.393 e. The van der Waals surface area contributed by atoms with Crippen LogP contribution in [0.3, 0.4) is 0 Å². The minimum atomic E-state index is -0.0889. The van der Waals surface area contributed by atoms with Gasteiger partial charge in [-0.3, -0.25) is 4.79 Å². The summed E-state index contributed by atoms with van der Waals surface area (Å²) >= 11 is 4.62. The van der Waals surface area contributed by atoms with Gasteiger partial charge in [0.15, 0.2) is 0 Å². The van der Waals surface area contributed by atoms with Crippen LogP contribution in [0.4, 0.5) is 0 Å². The second-order valence-corrected chi connectivity index (χ2v) is 4.46. The highest BCUT2D eigenvalue weighted by atomic mass is 32.1. The van der Waals surface area contributed by atoms with Crippen LogP contribution in [0.1, 0.15) is 33.6 Å². The molecule has 4 heteroatoms. The molecule has 0 rings (SSSR count). The Morgan fingerprint density at radius 3 is 2.46 bits per heavy atom. The van der Waals surface area contributed by atoms with E-state index in [2.05, 4.69) is 38.3 Å². The maximum atomic E-state index is 11.1. The predicted octanol–water partition coefficient (Wildman–Crippen LogP) is 1.22. The highest BCUT2D eigenvalue weighted by molar-refractivity contribution is 7.80. The largest absolute Gasteiger partial charge is 0.393 e. The quantitative estimate of drug-likeness (QED) is 0.659. The number of amides is 1. The molecule has 0 aliphatic carbocycles. The van der Waals surface area contributed by atoms with Gasteiger partial charge in [0.2, 0.25) is 5.91 Å². The fourth-order valence-electron chi connectivity index (χ4n) is 0.684. The van der Waals surface area contributed by atoms with Crippen LogP contribution in [-0.2, 0) is 4.79 Å². The monoisotopic (exact) mass is 202 g/mol. The molecule has 0 aromatic rings. The van der Waals surface area contributed by atoms with Crippen LogP contribution < -0.4 is 11.1 Å². The number of nitrogens with one attached hydrogen (secondary N) is 1. The third-order valence-corrected chi connectivity index (χ3v) is 2.20. The lowest BCUT2D eigenvalue weighted by molar-refractivity contribution is -0.120. The summed E-state index contributed by atoms with van der Waals surface area (Å²) in [4.78, 5) is 11.4. The van der Waals surface area contributed by atoms with E-state index in [1.165, 1.54) is 0 Å². The Labute approximate surface area is 85.1 Å². The predicted molar refractivity (Wildman–Crippen MR) is 58.5 cm³/mol. The standard InChI is InChI=1S/C9H18N2OS/c1-4-9(2,3)6-11-8(12)5-7(10)13/h4-6H2,1-3H3,(H2,10,13)(H,11,12). The van der Waals surface area contributed by atoms with Crippen LogP contribution in [-0.4, -0.2) is 17.4 Å². The van der Waals surface area contributed by atoms with E-state index in [9.17, 15) is 4.79 Å². The topological polar surface area (TPSA) is 55.1 Å². The van der Waals surface area contributed by atoms with Crippen molar-refractivity contribution in [2.75, 3.05) is 6.54 Å². The molecule has 0 heterocycles. The zero-order chi connectivity index (χ0) is 10.5. The van der Waals surface area contributed by atoms with Crippen LogP contribution >= 0.6 is 12.2 Å². The third kappa shape index (κ3) is 6.51. The molecule has 0 aliphatic rings. The summed E-state index contributed by atoms with van der Waals surface area (Å²) < 4.78 is 0. The molecule has 0 aromatic carbocycles. The van der Waals surface area contributed by atoms with Gasteiger partial charge in [-0.05, 0) is 11.8 Å². The molecule has 13 heavy (non-hydrogen) atoms. The average Bonchev–Trinajstić information content (AvgIpc) is 2.00. The van der Waals surface area contributed by atoms with Gasteiger partial charge in [0.25, 0.3) is 0 Å². The summed E-state index contributed by atoms with van der Waals surface area (Å²) in [6.07, 6.45) is 1.18. The summed E-state index contributed by atoms with van der Waals surface area (Å²) in [6, 6.07) is 0. The summed E-state index contributed by atoms with van der Waals surface area (Å²) in [6.45, 7) is 6.98. The Morgan fingerprint density at radius 1 is 1.54 bits per heavy atom. The van der Waals surface area contributed by atoms with Gasteiger partial charge in [0.05, 0.1) is 11.4 Å². The van der Waals surface area contributed by atoms with E-state index in [1.807, 2.05) is 0 Å². The number of hydrogen-bond donors (Lipinski definition) is 2. The molecule has 0 radical (unpaired) electrons. The van der Waals surface area contributed by atoms with Gasteiger partial charge in [0.1, 0.15) is 0 Å². The summed E-state index contributed by atoms with van der Waals surface area (Å²) in [7, 11) is 0. The zero-order valence-corrected chi connectivity index (χ0v) is 9.33. The fraction of sp³-hybridized carbons (Fsp3) is 0.778. The van der Waals surface area contributed by atoms with Crippen molar-refractivity contribution in [2.45, 2.75) is 33.6 Å². The molecule has 0 unspecified atom stereocenters. The van der Waals surface area contributed by atoms with Crippen molar-refractivity contribution in [3.05, 3.63) is 0 Å². The third-order valence-electron chi connectivity index (χ3n) is 2.06. The van der Waals surface area contributed by atoms with E-state index in [0.717, 1.165) is 6.42 Å². The molecule has 3 N–H and O–H groups in total. The molecule has 0 fully saturated rings. The molecule has 0 aliphatic heterocycles. The number of thiocarbonyl (C=S) groups is 1. The highest BCUT2D eigenvalue weighted by Gasteiger charge is 2.15. The van der Waals surface area contributed by atoms with Gasteiger partial charge < -0.3 is 11.1 Å². The molecule has 3 nitrogen and oxygen atoms in total. The van der Waals surface area contributed by atoms with Crippen molar-refractivity contribution < 1.29 is 4.79 Å². The van der Waals surface area contributed by atoms with Gasteiger partial charge in [-0.1, -0.05) is 33.0 Å². The Balaban J connectivity index is 3.76.